The molecule has 0 fully saturated rings. The van der Waals surface area contributed by atoms with Crippen LogP contribution in [0.5, 0.6) is 0 Å². The lowest BCUT2D eigenvalue weighted by Crippen LogP contribution is -2.31. The number of hydrogen-bond donors (Lipinski definition) is 2. The van der Waals surface area contributed by atoms with Gasteiger partial charge in [-0.05, 0) is 32.0 Å². The van der Waals surface area contributed by atoms with Gasteiger partial charge >= 0.3 is 0 Å². The zero-order valence-electron chi connectivity index (χ0n) is 12.5. The second-order valence-electron chi connectivity index (χ2n) is 4.97. The molecule has 0 aliphatic rings. The number of rotatable bonds is 9. The highest BCUT2D eigenvalue weighted by molar-refractivity contribution is 5.24. The normalized spacial score (nSPS) is 12.9. The minimum absolute atomic E-state index is 0.240. The molecule has 3 heteroatoms. The Labute approximate surface area is 117 Å². The maximum atomic E-state index is 9.03. The van der Waals surface area contributed by atoms with Gasteiger partial charge in [0.05, 0.1) is 6.61 Å². The van der Waals surface area contributed by atoms with Gasteiger partial charge in [0.1, 0.15) is 0 Å². The largest absolute Gasteiger partial charge is 0.395 e. The maximum Gasteiger partial charge on any atom is 0.0558 e. The molecule has 0 saturated carbocycles. The number of aryl methyl sites for hydroxylation is 1. The summed E-state index contributed by atoms with van der Waals surface area (Å²) in [5.74, 6) is 0. The molecule has 1 rings (SSSR count). The monoisotopic (exact) mass is 264 g/mol. The van der Waals surface area contributed by atoms with Crippen LogP contribution in [0.3, 0.4) is 0 Å². The molecule has 0 saturated heterocycles. The number of aliphatic hydroxyl groups is 1. The predicted molar refractivity (Wildman–Crippen MR) is 81.4 cm³/mol. The second kappa shape index (κ2) is 9.08. The molecule has 0 heterocycles. The van der Waals surface area contributed by atoms with E-state index in [1.165, 1.54) is 11.1 Å². The van der Waals surface area contributed by atoms with Gasteiger partial charge < -0.3 is 15.3 Å². The van der Waals surface area contributed by atoms with Gasteiger partial charge in [0.15, 0.2) is 0 Å². The molecule has 3 nitrogen and oxygen atoms in total. The molecule has 1 atom stereocenters. The lowest BCUT2D eigenvalue weighted by Gasteiger charge is -2.24. The van der Waals surface area contributed by atoms with Crippen molar-refractivity contribution < 1.29 is 5.11 Å². The fourth-order valence-electron chi connectivity index (χ4n) is 2.31. The molecule has 0 radical (unpaired) electrons. The van der Waals surface area contributed by atoms with E-state index < -0.39 is 0 Å². The van der Waals surface area contributed by atoms with Crippen molar-refractivity contribution >= 4 is 0 Å². The lowest BCUT2D eigenvalue weighted by atomic mass is 10.0. The Bertz CT molecular complexity index is 337. The van der Waals surface area contributed by atoms with Gasteiger partial charge in [0.2, 0.25) is 0 Å². The summed E-state index contributed by atoms with van der Waals surface area (Å²) in [7, 11) is 0. The number of likely N-dealkylation sites (N-methyl/N-ethyl adjacent to an activating group) is 1. The Kier molecular flexibility index (Phi) is 7.72. The van der Waals surface area contributed by atoms with Crippen molar-refractivity contribution in [2.24, 2.45) is 0 Å². The summed E-state index contributed by atoms with van der Waals surface area (Å²) in [5, 5.41) is 12.6. The maximum absolute atomic E-state index is 9.03. The third-order valence-corrected chi connectivity index (χ3v) is 3.53. The Morgan fingerprint density at radius 3 is 2.37 bits per heavy atom. The molecule has 1 aromatic rings. The van der Waals surface area contributed by atoms with E-state index in [0.29, 0.717) is 6.04 Å². The van der Waals surface area contributed by atoms with Crippen LogP contribution in [-0.4, -0.2) is 42.8 Å². The number of nitrogens with one attached hydrogen (secondary N) is 1. The number of aliphatic hydroxyl groups excluding tert-OH is 1. The molecule has 2 N–H and O–H groups in total. The van der Waals surface area contributed by atoms with Crippen molar-refractivity contribution in [3.63, 3.8) is 0 Å². The van der Waals surface area contributed by atoms with Crippen molar-refractivity contribution in [1.29, 1.82) is 0 Å². The third-order valence-electron chi connectivity index (χ3n) is 3.53. The second-order valence-corrected chi connectivity index (χ2v) is 4.97. The molecule has 0 aromatic heterocycles. The fraction of sp³-hybridized carbons (Fsp3) is 0.625. The minimum Gasteiger partial charge on any atom is -0.395 e. The van der Waals surface area contributed by atoms with Crippen molar-refractivity contribution in [3.05, 3.63) is 35.4 Å². The summed E-state index contributed by atoms with van der Waals surface area (Å²) < 4.78 is 0. The standard InChI is InChI=1S/C16H28N2O/c1-4-17-16(10-11-18(5-2)12-13-19)15-8-6-14(3)7-9-15/h6-9,16-17,19H,4-5,10-13H2,1-3H3. The highest BCUT2D eigenvalue weighted by Gasteiger charge is 2.11. The quantitative estimate of drug-likeness (QED) is 0.718. The van der Waals surface area contributed by atoms with Crippen molar-refractivity contribution in [2.75, 3.05) is 32.8 Å². The first-order chi connectivity index (χ1) is 9.21. The Morgan fingerprint density at radius 1 is 1.16 bits per heavy atom. The van der Waals surface area contributed by atoms with Gasteiger partial charge in [-0.2, -0.15) is 0 Å². The number of benzene rings is 1. The van der Waals surface area contributed by atoms with E-state index in [0.717, 1.165) is 32.6 Å². The molecule has 19 heavy (non-hydrogen) atoms. The van der Waals surface area contributed by atoms with E-state index in [1.807, 2.05) is 0 Å². The van der Waals surface area contributed by atoms with Gasteiger partial charge in [0.25, 0.3) is 0 Å². The lowest BCUT2D eigenvalue weighted by molar-refractivity contribution is 0.195. The third kappa shape index (κ3) is 5.72. The summed E-state index contributed by atoms with van der Waals surface area (Å²) >= 11 is 0. The van der Waals surface area contributed by atoms with Gasteiger partial charge in [-0.1, -0.05) is 43.7 Å². The smallest absolute Gasteiger partial charge is 0.0558 e. The first-order valence-corrected chi connectivity index (χ1v) is 7.34. The van der Waals surface area contributed by atoms with Crippen LogP contribution in [0.2, 0.25) is 0 Å². The average molecular weight is 264 g/mol. The highest BCUT2D eigenvalue weighted by Crippen LogP contribution is 2.17. The molecule has 1 aromatic carbocycles. The Balaban J connectivity index is 2.59. The molecule has 108 valence electrons. The van der Waals surface area contributed by atoms with E-state index in [2.05, 4.69) is 55.3 Å². The van der Waals surface area contributed by atoms with Crippen molar-refractivity contribution in [2.45, 2.75) is 33.2 Å². The fourth-order valence-corrected chi connectivity index (χ4v) is 2.31. The Hall–Kier alpha value is -0.900. The van der Waals surface area contributed by atoms with Crippen LogP contribution in [0.15, 0.2) is 24.3 Å². The molecule has 0 spiro atoms. The SMILES string of the molecule is CCNC(CCN(CC)CCO)c1ccc(C)cc1. The first-order valence-electron chi connectivity index (χ1n) is 7.34. The van der Waals surface area contributed by atoms with Crippen LogP contribution in [-0.2, 0) is 0 Å². The van der Waals surface area contributed by atoms with Gasteiger partial charge in [-0.15, -0.1) is 0 Å². The summed E-state index contributed by atoms with van der Waals surface area (Å²) in [6.07, 6.45) is 1.07. The summed E-state index contributed by atoms with van der Waals surface area (Å²) in [4.78, 5) is 2.29. The van der Waals surface area contributed by atoms with Crippen LogP contribution in [0.1, 0.15) is 37.4 Å². The Morgan fingerprint density at radius 2 is 1.84 bits per heavy atom. The van der Waals surface area contributed by atoms with E-state index in [-0.39, 0.29) is 6.61 Å². The van der Waals surface area contributed by atoms with Crippen molar-refractivity contribution in [1.82, 2.24) is 10.2 Å². The molecule has 0 bridgehead atoms. The highest BCUT2D eigenvalue weighted by atomic mass is 16.3. The zero-order valence-corrected chi connectivity index (χ0v) is 12.5. The van der Waals surface area contributed by atoms with Gasteiger partial charge in [-0.25, -0.2) is 0 Å². The topological polar surface area (TPSA) is 35.5 Å². The number of nitrogens with zero attached hydrogens (tertiary/aromatic N) is 1. The summed E-state index contributed by atoms with van der Waals surface area (Å²) in [6, 6.07) is 9.17. The van der Waals surface area contributed by atoms with Crippen LogP contribution in [0.4, 0.5) is 0 Å². The van der Waals surface area contributed by atoms with E-state index in [1.54, 1.807) is 0 Å². The van der Waals surface area contributed by atoms with Gasteiger partial charge in [-0.3, -0.25) is 0 Å². The van der Waals surface area contributed by atoms with E-state index in [9.17, 15) is 0 Å². The molecular weight excluding hydrogens is 236 g/mol. The summed E-state index contributed by atoms with van der Waals surface area (Å²) in [6.45, 7) is 10.4. The summed E-state index contributed by atoms with van der Waals surface area (Å²) in [5.41, 5.74) is 2.65. The number of hydrogen-bond acceptors (Lipinski definition) is 3. The minimum atomic E-state index is 0.240. The molecule has 0 aliphatic carbocycles. The zero-order chi connectivity index (χ0) is 14.1. The van der Waals surface area contributed by atoms with Crippen LogP contribution < -0.4 is 5.32 Å². The van der Waals surface area contributed by atoms with Crippen LogP contribution in [0.25, 0.3) is 0 Å². The van der Waals surface area contributed by atoms with Gasteiger partial charge in [0, 0.05) is 19.1 Å². The van der Waals surface area contributed by atoms with Crippen molar-refractivity contribution in [3.8, 4) is 0 Å². The van der Waals surface area contributed by atoms with Crippen LogP contribution >= 0.6 is 0 Å². The first kappa shape index (κ1) is 16.2. The van der Waals surface area contributed by atoms with E-state index in [4.69, 9.17) is 5.11 Å². The molecule has 0 amide bonds. The molecule has 1 unspecified atom stereocenters. The average Bonchev–Trinajstić information content (AvgIpc) is 2.43. The molecular formula is C16H28N2O. The van der Waals surface area contributed by atoms with Crippen LogP contribution in [0, 0.1) is 6.92 Å². The van der Waals surface area contributed by atoms with E-state index >= 15 is 0 Å². The molecule has 0 aliphatic heterocycles. The predicted octanol–water partition coefficient (Wildman–Crippen LogP) is 2.35.